The maximum atomic E-state index is 11.8. The van der Waals surface area contributed by atoms with Crippen molar-refractivity contribution in [2.24, 2.45) is 0 Å². The van der Waals surface area contributed by atoms with Crippen molar-refractivity contribution in [3.05, 3.63) is 18.2 Å². The Bertz CT molecular complexity index is 465. The number of para-hydroxylation sites is 1. The van der Waals surface area contributed by atoms with Crippen molar-refractivity contribution in [2.75, 3.05) is 41.0 Å². The molecule has 1 rings (SSSR count). The molecule has 0 saturated heterocycles. The molecule has 22 heavy (non-hydrogen) atoms. The van der Waals surface area contributed by atoms with Gasteiger partial charge in [0, 0.05) is 13.6 Å². The lowest BCUT2D eigenvalue weighted by Crippen LogP contribution is -2.39. The summed E-state index contributed by atoms with van der Waals surface area (Å²) in [7, 11) is 4.93. The Balaban J connectivity index is 2.40. The molecule has 0 bridgehead atoms. The fourth-order valence-electron chi connectivity index (χ4n) is 1.92. The fraction of sp³-hybridized carbons (Fsp3) is 0.562. The van der Waals surface area contributed by atoms with E-state index in [2.05, 4.69) is 12.2 Å². The molecule has 0 atom stereocenters. The molecule has 1 aromatic carbocycles. The zero-order valence-corrected chi connectivity index (χ0v) is 13.8. The Morgan fingerprint density at radius 2 is 1.95 bits per heavy atom. The Hall–Kier alpha value is -2.11. The van der Waals surface area contributed by atoms with Crippen LogP contribution in [0.1, 0.15) is 19.8 Å². The van der Waals surface area contributed by atoms with E-state index < -0.39 is 0 Å². The molecule has 0 aliphatic heterocycles. The smallest absolute Gasteiger partial charge is 0.317 e. The van der Waals surface area contributed by atoms with Crippen LogP contribution < -0.4 is 19.5 Å². The first kappa shape index (κ1) is 17.9. The predicted molar refractivity (Wildman–Crippen MR) is 86.0 cm³/mol. The molecule has 124 valence electrons. The highest BCUT2D eigenvalue weighted by Gasteiger charge is 2.11. The average molecular weight is 310 g/mol. The third-order valence-corrected chi connectivity index (χ3v) is 3.20. The van der Waals surface area contributed by atoms with Crippen LogP contribution >= 0.6 is 0 Å². The number of amides is 2. The number of benzene rings is 1. The van der Waals surface area contributed by atoms with Crippen LogP contribution in [0.25, 0.3) is 0 Å². The molecule has 1 aromatic rings. The molecule has 0 radical (unpaired) electrons. The molecule has 6 nitrogen and oxygen atoms in total. The van der Waals surface area contributed by atoms with Gasteiger partial charge in [-0.2, -0.15) is 0 Å². The largest absolute Gasteiger partial charge is 0.493 e. The van der Waals surface area contributed by atoms with Gasteiger partial charge in [0.2, 0.25) is 5.75 Å². The molecule has 0 spiro atoms. The van der Waals surface area contributed by atoms with E-state index in [4.69, 9.17) is 14.2 Å². The monoisotopic (exact) mass is 310 g/mol. The first-order valence-corrected chi connectivity index (χ1v) is 7.46. The second-order valence-electron chi connectivity index (χ2n) is 4.85. The van der Waals surface area contributed by atoms with Crippen LogP contribution in [0, 0.1) is 0 Å². The van der Waals surface area contributed by atoms with E-state index in [0.717, 1.165) is 19.4 Å². The van der Waals surface area contributed by atoms with E-state index in [1.54, 1.807) is 38.3 Å². The summed E-state index contributed by atoms with van der Waals surface area (Å²) in [6.45, 7) is 3.64. The summed E-state index contributed by atoms with van der Waals surface area (Å²) >= 11 is 0. The normalized spacial score (nSPS) is 10.0. The average Bonchev–Trinajstić information content (AvgIpc) is 2.55. The van der Waals surface area contributed by atoms with Gasteiger partial charge in [-0.1, -0.05) is 19.4 Å². The number of carbonyl (C=O) groups is 1. The molecule has 0 aliphatic rings. The van der Waals surface area contributed by atoms with Crippen LogP contribution in [-0.4, -0.2) is 51.9 Å². The first-order chi connectivity index (χ1) is 10.6. The minimum atomic E-state index is -0.0883. The Labute approximate surface area is 132 Å². The maximum Gasteiger partial charge on any atom is 0.317 e. The van der Waals surface area contributed by atoms with Crippen molar-refractivity contribution in [2.45, 2.75) is 19.8 Å². The highest BCUT2D eigenvalue weighted by molar-refractivity contribution is 5.73. The number of ether oxygens (including phenoxy) is 3. The highest BCUT2D eigenvalue weighted by atomic mass is 16.5. The van der Waals surface area contributed by atoms with Crippen LogP contribution in [0.4, 0.5) is 4.79 Å². The molecule has 0 aliphatic carbocycles. The van der Waals surface area contributed by atoms with Crippen LogP contribution in [0.5, 0.6) is 17.2 Å². The summed E-state index contributed by atoms with van der Waals surface area (Å²) in [5.41, 5.74) is 0. The number of carbonyl (C=O) groups excluding carboxylic acids is 1. The third kappa shape index (κ3) is 5.35. The molecule has 0 heterocycles. The fourth-order valence-corrected chi connectivity index (χ4v) is 1.92. The molecule has 0 saturated carbocycles. The molecular formula is C16H26N2O4. The van der Waals surface area contributed by atoms with E-state index in [9.17, 15) is 4.79 Å². The molecule has 2 amide bonds. The molecule has 0 unspecified atom stereocenters. The van der Waals surface area contributed by atoms with Crippen molar-refractivity contribution in [1.29, 1.82) is 0 Å². The number of hydrogen-bond acceptors (Lipinski definition) is 4. The molecule has 0 aromatic heterocycles. The summed E-state index contributed by atoms with van der Waals surface area (Å²) in [4.78, 5) is 13.5. The van der Waals surface area contributed by atoms with Crippen molar-refractivity contribution in [3.63, 3.8) is 0 Å². The summed E-state index contributed by atoms with van der Waals surface area (Å²) < 4.78 is 16.1. The van der Waals surface area contributed by atoms with Gasteiger partial charge in [0.25, 0.3) is 0 Å². The summed E-state index contributed by atoms with van der Waals surface area (Å²) in [5, 5.41) is 2.82. The summed E-state index contributed by atoms with van der Waals surface area (Å²) in [6.07, 6.45) is 2.07. The lowest BCUT2D eigenvalue weighted by Gasteiger charge is -2.18. The van der Waals surface area contributed by atoms with Crippen LogP contribution in [0.15, 0.2) is 18.2 Å². The van der Waals surface area contributed by atoms with Gasteiger partial charge in [-0.05, 0) is 18.6 Å². The lowest BCUT2D eigenvalue weighted by molar-refractivity contribution is 0.204. The van der Waals surface area contributed by atoms with E-state index in [0.29, 0.717) is 30.4 Å². The minimum absolute atomic E-state index is 0.0883. The molecule has 0 fully saturated rings. The highest BCUT2D eigenvalue weighted by Crippen LogP contribution is 2.36. The van der Waals surface area contributed by atoms with E-state index >= 15 is 0 Å². The standard InChI is InChI=1S/C16H26N2O4/c1-5-6-11-18(2)16(19)17-10-12-22-14-9-7-8-13(20-3)15(14)21-4/h7-9H,5-6,10-12H2,1-4H3,(H,17,19). The van der Waals surface area contributed by atoms with Gasteiger partial charge in [-0.3, -0.25) is 0 Å². The van der Waals surface area contributed by atoms with Gasteiger partial charge in [-0.15, -0.1) is 0 Å². The van der Waals surface area contributed by atoms with Gasteiger partial charge in [0.05, 0.1) is 20.8 Å². The topological polar surface area (TPSA) is 60.0 Å². The second kappa shape index (κ2) is 9.76. The Kier molecular flexibility index (Phi) is 7.96. The first-order valence-electron chi connectivity index (χ1n) is 7.46. The van der Waals surface area contributed by atoms with Gasteiger partial charge in [-0.25, -0.2) is 4.79 Å². The molecule has 1 N–H and O–H groups in total. The number of methoxy groups -OCH3 is 2. The minimum Gasteiger partial charge on any atom is -0.493 e. The van der Waals surface area contributed by atoms with Gasteiger partial charge < -0.3 is 24.4 Å². The maximum absolute atomic E-state index is 11.8. The summed E-state index contributed by atoms with van der Waals surface area (Å²) in [6, 6.07) is 5.34. The quantitative estimate of drug-likeness (QED) is 0.712. The molecule has 6 heteroatoms. The number of unbranched alkanes of at least 4 members (excludes halogenated alkanes) is 1. The zero-order chi connectivity index (χ0) is 16.4. The number of nitrogens with one attached hydrogen (secondary N) is 1. The number of urea groups is 1. The van der Waals surface area contributed by atoms with E-state index in [1.807, 2.05) is 6.07 Å². The number of nitrogens with zero attached hydrogens (tertiary/aromatic N) is 1. The Morgan fingerprint density at radius 1 is 1.23 bits per heavy atom. The van der Waals surface area contributed by atoms with Crippen LogP contribution in [0.2, 0.25) is 0 Å². The van der Waals surface area contributed by atoms with Crippen LogP contribution in [0.3, 0.4) is 0 Å². The van der Waals surface area contributed by atoms with Crippen molar-refractivity contribution in [3.8, 4) is 17.2 Å². The van der Waals surface area contributed by atoms with E-state index in [-0.39, 0.29) is 6.03 Å². The lowest BCUT2D eigenvalue weighted by atomic mass is 10.3. The zero-order valence-electron chi connectivity index (χ0n) is 13.8. The number of hydrogen-bond donors (Lipinski definition) is 1. The van der Waals surface area contributed by atoms with Crippen molar-refractivity contribution >= 4 is 6.03 Å². The van der Waals surface area contributed by atoms with Gasteiger partial charge in [0.1, 0.15) is 6.61 Å². The summed E-state index contributed by atoms with van der Waals surface area (Å²) in [5.74, 6) is 1.76. The number of rotatable bonds is 9. The Morgan fingerprint density at radius 3 is 2.59 bits per heavy atom. The molecular weight excluding hydrogens is 284 g/mol. The third-order valence-electron chi connectivity index (χ3n) is 3.20. The van der Waals surface area contributed by atoms with Crippen LogP contribution in [-0.2, 0) is 0 Å². The second-order valence-corrected chi connectivity index (χ2v) is 4.85. The van der Waals surface area contributed by atoms with Gasteiger partial charge in [0.15, 0.2) is 11.5 Å². The van der Waals surface area contributed by atoms with Gasteiger partial charge >= 0.3 is 6.03 Å². The SMILES string of the molecule is CCCCN(C)C(=O)NCCOc1cccc(OC)c1OC. The van der Waals surface area contributed by atoms with E-state index in [1.165, 1.54) is 0 Å². The van der Waals surface area contributed by atoms with Crippen molar-refractivity contribution < 1.29 is 19.0 Å². The van der Waals surface area contributed by atoms with Crippen molar-refractivity contribution in [1.82, 2.24) is 10.2 Å². The predicted octanol–water partition coefficient (Wildman–Crippen LogP) is 2.52.